The first-order valence-corrected chi connectivity index (χ1v) is 10.4. The van der Waals surface area contributed by atoms with Crippen LogP contribution in [0.5, 0.6) is 0 Å². The Morgan fingerprint density at radius 3 is 2.27 bits per heavy atom. The predicted octanol–water partition coefficient (Wildman–Crippen LogP) is 4.55. The highest BCUT2D eigenvalue weighted by molar-refractivity contribution is 5.95. The average Bonchev–Trinajstić information content (AvgIpc) is 2.78. The molecule has 6 nitrogen and oxygen atoms in total. The molecule has 1 heterocycles. The van der Waals surface area contributed by atoms with E-state index in [1.165, 1.54) is 19.1 Å². The highest BCUT2D eigenvalue weighted by Gasteiger charge is 2.35. The van der Waals surface area contributed by atoms with E-state index < -0.39 is 29.5 Å². The number of hydrogen-bond donors (Lipinski definition) is 2. The van der Waals surface area contributed by atoms with Gasteiger partial charge in [0.1, 0.15) is 0 Å². The first-order chi connectivity index (χ1) is 15.6. The smallest absolute Gasteiger partial charge is 0.339 e. The largest absolute Gasteiger partial charge is 0.418 e. The van der Waals surface area contributed by atoms with E-state index in [0.717, 1.165) is 17.7 Å². The number of hydrogen-bond acceptors (Lipinski definition) is 3. The van der Waals surface area contributed by atoms with Gasteiger partial charge in [0, 0.05) is 37.7 Å². The Kier molecular flexibility index (Phi) is 7.52. The molecule has 3 amide bonds. The van der Waals surface area contributed by atoms with Crippen LogP contribution in [0.25, 0.3) is 6.08 Å². The molecule has 2 aromatic carbocycles. The summed E-state index contributed by atoms with van der Waals surface area (Å²) >= 11 is 0. The summed E-state index contributed by atoms with van der Waals surface area (Å²) in [6.07, 6.45) is -0.825. The number of anilines is 2. The summed E-state index contributed by atoms with van der Waals surface area (Å²) in [5, 5.41) is 4.67. The fourth-order valence-electron chi connectivity index (χ4n) is 3.60. The summed E-state index contributed by atoms with van der Waals surface area (Å²) < 4.78 is 40.4. The Hall–Kier alpha value is -3.62. The Balaban J connectivity index is 1.60. The van der Waals surface area contributed by atoms with E-state index in [9.17, 15) is 27.6 Å². The number of carbonyl (C=O) groups is 3. The maximum atomic E-state index is 13.5. The van der Waals surface area contributed by atoms with E-state index in [1.807, 2.05) is 30.3 Å². The molecule has 0 aromatic heterocycles. The van der Waals surface area contributed by atoms with Crippen molar-refractivity contribution in [2.24, 2.45) is 5.92 Å². The zero-order valence-corrected chi connectivity index (χ0v) is 18.0. The second-order valence-electron chi connectivity index (χ2n) is 7.77. The monoisotopic (exact) mass is 459 g/mol. The fraction of sp³-hybridized carbons (Fsp3) is 0.292. The highest BCUT2D eigenvalue weighted by Crippen LogP contribution is 2.37. The van der Waals surface area contributed by atoms with Crippen molar-refractivity contribution >= 4 is 35.2 Å². The number of alkyl halides is 3. The zero-order chi connectivity index (χ0) is 24.0. The SMILES string of the molecule is CC(=O)Nc1ccc(NC(=O)C2CCN(C(=O)/C=C/c3ccccc3)CC2)c(C(F)(F)F)c1. The molecule has 0 unspecified atom stereocenters. The molecule has 0 spiro atoms. The van der Waals surface area contributed by atoms with Gasteiger partial charge < -0.3 is 15.5 Å². The van der Waals surface area contributed by atoms with Crippen molar-refractivity contribution in [1.82, 2.24) is 4.90 Å². The van der Waals surface area contributed by atoms with E-state index >= 15 is 0 Å². The van der Waals surface area contributed by atoms with Crippen molar-refractivity contribution in [2.45, 2.75) is 25.9 Å². The van der Waals surface area contributed by atoms with E-state index in [2.05, 4.69) is 10.6 Å². The van der Waals surface area contributed by atoms with Gasteiger partial charge in [0.15, 0.2) is 0 Å². The van der Waals surface area contributed by atoms with Gasteiger partial charge in [-0.2, -0.15) is 13.2 Å². The Morgan fingerprint density at radius 1 is 1.00 bits per heavy atom. The normalized spacial score (nSPS) is 14.8. The molecule has 1 aliphatic rings. The summed E-state index contributed by atoms with van der Waals surface area (Å²) in [5.41, 5.74) is -0.528. The molecule has 3 rings (SSSR count). The number of halogens is 3. The van der Waals surface area contributed by atoms with Gasteiger partial charge in [-0.05, 0) is 42.7 Å². The van der Waals surface area contributed by atoms with Gasteiger partial charge in [0.25, 0.3) is 0 Å². The minimum atomic E-state index is -4.71. The van der Waals surface area contributed by atoms with E-state index in [-0.39, 0.29) is 17.3 Å². The van der Waals surface area contributed by atoms with Crippen LogP contribution in [0.2, 0.25) is 0 Å². The van der Waals surface area contributed by atoms with Gasteiger partial charge in [-0.25, -0.2) is 0 Å². The number of nitrogens with zero attached hydrogens (tertiary/aromatic N) is 1. The van der Waals surface area contributed by atoms with Crippen LogP contribution < -0.4 is 10.6 Å². The lowest BCUT2D eigenvalue weighted by atomic mass is 9.95. The number of benzene rings is 2. The van der Waals surface area contributed by atoms with Gasteiger partial charge in [-0.15, -0.1) is 0 Å². The van der Waals surface area contributed by atoms with Gasteiger partial charge in [-0.3, -0.25) is 14.4 Å². The lowest BCUT2D eigenvalue weighted by Gasteiger charge is -2.30. The summed E-state index contributed by atoms with van der Waals surface area (Å²) in [4.78, 5) is 37.8. The van der Waals surface area contributed by atoms with Crippen LogP contribution in [0.4, 0.5) is 24.5 Å². The lowest BCUT2D eigenvalue weighted by molar-refractivity contribution is -0.137. The van der Waals surface area contributed by atoms with E-state index in [1.54, 1.807) is 11.0 Å². The number of amides is 3. The summed E-state index contributed by atoms with van der Waals surface area (Å²) in [6.45, 7) is 1.87. The number of rotatable bonds is 5. The minimum Gasteiger partial charge on any atom is -0.339 e. The van der Waals surface area contributed by atoms with Crippen LogP contribution in [0.15, 0.2) is 54.6 Å². The second kappa shape index (κ2) is 10.3. The molecule has 2 aromatic rings. The van der Waals surface area contributed by atoms with Crippen molar-refractivity contribution in [2.75, 3.05) is 23.7 Å². The summed E-state index contributed by atoms with van der Waals surface area (Å²) in [5.74, 6) is -1.71. The number of piperidine rings is 1. The molecule has 1 aliphatic heterocycles. The van der Waals surface area contributed by atoms with Gasteiger partial charge >= 0.3 is 6.18 Å². The number of carbonyl (C=O) groups excluding carboxylic acids is 3. The van der Waals surface area contributed by atoms with Crippen LogP contribution in [0.1, 0.15) is 30.9 Å². The summed E-state index contributed by atoms with van der Waals surface area (Å²) in [6, 6.07) is 12.6. The molecule has 0 aliphatic carbocycles. The maximum Gasteiger partial charge on any atom is 0.418 e. The van der Waals surface area contributed by atoms with Gasteiger partial charge in [0.2, 0.25) is 17.7 Å². The molecule has 1 fully saturated rings. The molecule has 9 heteroatoms. The lowest BCUT2D eigenvalue weighted by Crippen LogP contribution is -2.40. The Bertz CT molecular complexity index is 1040. The van der Waals surface area contributed by atoms with Crippen molar-refractivity contribution < 1.29 is 27.6 Å². The van der Waals surface area contributed by atoms with Crippen LogP contribution in [0, 0.1) is 5.92 Å². The number of nitrogens with one attached hydrogen (secondary N) is 2. The molecular formula is C24H24F3N3O3. The van der Waals surface area contributed by atoms with Crippen LogP contribution in [0.3, 0.4) is 0 Å². The fourth-order valence-corrected chi connectivity index (χ4v) is 3.60. The third-order valence-electron chi connectivity index (χ3n) is 5.30. The van der Waals surface area contributed by atoms with Gasteiger partial charge in [0.05, 0.1) is 11.3 Å². The molecule has 0 saturated carbocycles. The van der Waals surface area contributed by atoms with E-state index in [0.29, 0.717) is 25.9 Å². The zero-order valence-electron chi connectivity index (χ0n) is 18.0. The van der Waals surface area contributed by atoms with Crippen molar-refractivity contribution in [1.29, 1.82) is 0 Å². The van der Waals surface area contributed by atoms with Crippen molar-refractivity contribution in [3.63, 3.8) is 0 Å². The second-order valence-corrected chi connectivity index (χ2v) is 7.77. The molecule has 33 heavy (non-hydrogen) atoms. The first kappa shape index (κ1) is 24.0. The first-order valence-electron chi connectivity index (χ1n) is 10.4. The minimum absolute atomic E-state index is 0.0109. The summed E-state index contributed by atoms with van der Waals surface area (Å²) in [7, 11) is 0. The van der Waals surface area contributed by atoms with Gasteiger partial charge in [-0.1, -0.05) is 30.3 Å². The molecule has 2 N–H and O–H groups in total. The molecule has 0 radical (unpaired) electrons. The third kappa shape index (κ3) is 6.68. The average molecular weight is 459 g/mol. The standard InChI is InChI=1S/C24H24F3N3O3/c1-16(31)28-19-8-9-21(20(15-19)24(25,26)27)29-23(33)18-11-13-30(14-12-18)22(32)10-7-17-5-3-2-4-6-17/h2-10,15,18H,11-14H2,1H3,(H,28,31)(H,29,33)/b10-7+. The van der Waals surface area contributed by atoms with E-state index in [4.69, 9.17) is 0 Å². The third-order valence-corrected chi connectivity index (χ3v) is 5.30. The number of likely N-dealkylation sites (tertiary alicyclic amines) is 1. The molecule has 0 bridgehead atoms. The van der Waals surface area contributed by atoms with Crippen molar-refractivity contribution in [3.8, 4) is 0 Å². The molecule has 1 saturated heterocycles. The molecule has 174 valence electrons. The quantitative estimate of drug-likeness (QED) is 0.644. The highest BCUT2D eigenvalue weighted by atomic mass is 19.4. The van der Waals surface area contributed by atoms with Crippen LogP contribution >= 0.6 is 0 Å². The van der Waals surface area contributed by atoms with Crippen LogP contribution in [-0.2, 0) is 20.6 Å². The van der Waals surface area contributed by atoms with Crippen molar-refractivity contribution in [3.05, 3.63) is 65.7 Å². The maximum absolute atomic E-state index is 13.5. The molecule has 0 atom stereocenters. The van der Waals surface area contributed by atoms with Crippen LogP contribution in [-0.4, -0.2) is 35.7 Å². The Morgan fingerprint density at radius 2 is 1.67 bits per heavy atom. The topological polar surface area (TPSA) is 78.5 Å². The molecular weight excluding hydrogens is 435 g/mol. The Labute approximate surface area is 189 Å². The predicted molar refractivity (Wildman–Crippen MR) is 119 cm³/mol.